The van der Waals surface area contributed by atoms with Crippen LogP contribution in [0.25, 0.3) is 0 Å². The summed E-state index contributed by atoms with van der Waals surface area (Å²) < 4.78 is 18.2. The van der Waals surface area contributed by atoms with Crippen molar-refractivity contribution in [3.05, 3.63) is 29.0 Å². The first-order valence-corrected chi connectivity index (χ1v) is 5.38. The van der Waals surface area contributed by atoms with Crippen LogP contribution in [0.1, 0.15) is 13.3 Å². The number of halogens is 2. The molecule has 0 aliphatic carbocycles. The molecule has 4 heteroatoms. The van der Waals surface area contributed by atoms with Crippen molar-refractivity contribution >= 4 is 17.3 Å². The minimum absolute atomic E-state index is 0.172. The third-order valence-corrected chi connectivity index (χ3v) is 2.96. The van der Waals surface area contributed by atoms with Crippen molar-refractivity contribution in [2.45, 2.75) is 25.5 Å². The fraction of sp³-hybridized carbons (Fsp3) is 0.455. The molecule has 1 aliphatic heterocycles. The predicted molar refractivity (Wildman–Crippen MR) is 58.9 cm³/mol. The van der Waals surface area contributed by atoms with Gasteiger partial charge in [0, 0.05) is 6.61 Å². The van der Waals surface area contributed by atoms with Crippen LogP contribution >= 0.6 is 11.6 Å². The Balaban J connectivity index is 2.10. The highest BCUT2D eigenvalue weighted by molar-refractivity contribution is 6.33. The van der Waals surface area contributed by atoms with Crippen molar-refractivity contribution in [3.8, 4) is 0 Å². The molecule has 0 saturated carbocycles. The molecule has 82 valence electrons. The van der Waals surface area contributed by atoms with E-state index in [1.807, 2.05) is 6.92 Å². The van der Waals surface area contributed by atoms with Gasteiger partial charge in [0.2, 0.25) is 0 Å². The summed E-state index contributed by atoms with van der Waals surface area (Å²) in [6, 6.07) is 4.62. The van der Waals surface area contributed by atoms with Gasteiger partial charge in [0.15, 0.2) is 0 Å². The molecule has 0 bridgehead atoms. The first-order valence-electron chi connectivity index (χ1n) is 5.00. The number of hydrogen-bond donors (Lipinski definition) is 1. The Labute approximate surface area is 93.4 Å². The standard InChI is InChI=1S/C11H13ClFNO/c1-7-10(4-5-15-7)14-11-3-2-8(13)6-9(11)12/h2-3,6-7,10,14H,4-5H2,1H3. The Bertz CT molecular complexity index is 358. The van der Waals surface area contributed by atoms with Crippen LogP contribution in [0, 0.1) is 5.82 Å². The van der Waals surface area contributed by atoms with E-state index in [0.29, 0.717) is 5.02 Å². The second kappa shape index (κ2) is 4.37. The molecule has 2 nitrogen and oxygen atoms in total. The molecule has 2 atom stereocenters. The lowest BCUT2D eigenvalue weighted by Gasteiger charge is -2.18. The van der Waals surface area contributed by atoms with Crippen LogP contribution in [0.4, 0.5) is 10.1 Å². The molecule has 0 aromatic heterocycles. The summed E-state index contributed by atoms with van der Waals surface area (Å²) in [5, 5.41) is 3.67. The monoisotopic (exact) mass is 229 g/mol. The predicted octanol–water partition coefficient (Wildman–Crippen LogP) is 3.07. The topological polar surface area (TPSA) is 21.3 Å². The number of anilines is 1. The second-order valence-electron chi connectivity index (χ2n) is 3.74. The largest absolute Gasteiger partial charge is 0.378 e. The van der Waals surface area contributed by atoms with E-state index in [-0.39, 0.29) is 18.0 Å². The summed E-state index contributed by atoms with van der Waals surface area (Å²) in [6.07, 6.45) is 1.13. The average molecular weight is 230 g/mol. The summed E-state index contributed by atoms with van der Waals surface area (Å²) >= 11 is 5.91. The van der Waals surface area contributed by atoms with E-state index in [1.54, 1.807) is 6.07 Å². The molecule has 1 saturated heterocycles. The van der Waals surface area contributed by atoms with Gasteiger partial charge < -0.3 is 10.1 Å². The summed E-state index contributed by atoms with van der Waals surface area (Å²) in [6.45, 7) is 2.78. The highest BCUT2D eigenvalue weighted by Gasteiger charge is 2.24. The molecule has 1 aromatic carbocycles. The molecule has 0 radical (unpaired) electrons. The van der Waals surface area contributed by atoms with Crippen LogP contribution in [-0.2, 0) is 4.74 Å². The second-order valence-corrected chi connectivity index (χ2v) is 4.15. The third-order valence-electron chi connectivity index (χ3n) is 2.65. The fourth-order valence-corrected chi connectivity index (χ4v) is 1.95. The Morgan fingerprint density at radius 3 is 2.93 bits per heavy atom. The van der Waals surface area contributed by atoms with Crippen LogP contribution in [0.15, 0.2) is 18.2 Å². The van der Waals surface area contributed by atoms with Crippen molar-refractivity contribution in [2.75, 3.05) is 11.9 Å². The molecule has 1 N–H and O–H groups in total. The van der Waals surface area contributed by atoms with Crippen molar-refractivity contribution in [1.82, 2.24) is 0 Å². The maximum Gasteiger partial charge on any atom is 0.124 e. The zero-order valence-electron chi connectivity index (χ0n) is 8.47. The van der Waals surface area contributed by atoms with Crippen molar-refractivity contribution in [1.29, 1.82) is 0 Å². The Morgan fingerprint density at radius 1 is 1.53 bits per heavy atom. The third kappa shape index (κ3) is 2.41. The summed E-state index contributed by atoms with van der Waals surface area (Å²) in [5.74, 6) is -0.318. The van der Waals surface area contributed by atoms with Gasteiger partial charge in [-0.1, -0.05) is 11.6 Å². The lowest BCUT2D eigenvalue weighted by Crippen LogP contribution is -2.26. The average Bonchev–Trinajstić information content (AvgIpc) is 2.57. The zero-order valence-corrected chi connectivity index (χ0v) is 9.22. The molecule has 0 spiro atoms. The van der Waals surface area contributed by atoms with E-state index < -0.39 is 0 Å². The SMILES string of the molecule is CC1OCCC1Nc1ccc(F)cc1Cl. The lowest BCUT2D eigenvalue weighted by atomic mass is 10.1. The number of benzene rings is 1. The number of ether oxygens (including phenoxy) is 1. The molecular weight excluding hydrogens is 217 g/mol. The van der Waals surface area contributed by atoms with Crippen LogP contribution < -0.4 is 5.32 Å². The normalized spacial score (nSPS) is 25.5. The highest BCUT2D eigenvalue weighted by Crippen LogP contribution is 2.26. The van der Waals surface area contributed by atoms with E-state index in [1.165, 1.54) is 12.1 Å². The van der Waals surface area contributed by atoms with Crippen LogP contribution in [0.3, 0.4) is 0 Å². The van der Waals surface area contributed by atoms with Crippen molar-refractivity contribution < 1.29 is 9.13 Å². The number of nitrogens with one attached hydrogen (secondary N) is 1. The van der Waals surface area contributed by atoms with Gasteiger partial charge in [0.05, 0.1) is 22.9 Å². The summed E-state index contributed by atoms with van der Waals surface area (Å²) in [5.41, 5.74) is 0.764. The highest BCUT2D eigenvalue weighted by atomic mass is 35.5. The molecular formula is C11H13ClFNO. The first-order chi connectivity index (χ1) is 7.16. The number of hydrogen-bond acceptors (Lipinski definition) is 2. The summed E-state index contributed by atoms with van der Waals surface area (Å²) in [4.78, 5) is 0. The van der Waals surface area contributed by atoms with Crippen LogP contribution in [0.2, 0.25) is 5.02 Å². The van der Waals surface area contributed by atoms with Gasteiger partial charge in [-0.25, -0.2) is 4.39 Å². The van der Waals surface area contributed by atoms with Gasteiger partial charge in [-0.2, -0.15) is 0 Å². The fourth-order valence-electron chi connectivity index (χ4n) is 1.73. The maximum atomic E-state index is 12.8. The molecule has 1 heterocycles. The lowest BCUT2D eigenvalue weighted by molar-refractivity contribution is 0.121. The molecule has 0 amide bonds. The van der Waals surface area contributed by atoms with Gasteiger partial charge in [-0.15, -0.1) is 0 Å². The Morgan fingerprint density at radius 2 is 2.33 bits per heavy atom. The van der Waals surface area contributed by atoms with E-state index in [9.17, 15) is 4.39 Å². The molecule has 2 unspecified atom stereocenters. The van der Waals surface area contributed by atoms with Gasteiger partial charge >= 0.3 is 0 Å². The first kappa shape index (κ1) is 10.7. The molecule has 2 rings (SSSR count). The minimum Gasteiger partial charge on any atom is -0.378 e. The molecule has 1 aromatic rings. The molecule has 15 heavy (non-hydrogen) atoms. The van der Waals surface area contributed by atoms with Crippen molar-refractivity contribution in [3.63, 3.8) is 0 Å². The number of rotatable bonds is 2. The maximum absolute atomic E-state index is 12.8. The van der Waals surface area contributed by atoms with Gasteiger partial charge in [-0.05, 0) is 31.5 Å². The molecule has 1 fully saturated rings. The Kier molecular flexibility index (Phi) is 3.12. The summed E-state index contributed by atoms with van der Waals surface area (Å²) in [7, 11) is 0. The van der Waals surface area contributed by atoms with Gasteiger partial charge in [0.1, 0.15) is 5.82 Å². The quantitative estimate of drug-likeness (QED) is 0.842. The Hall–Kier alpha value is -0.800. The smallest absolute Gasteiger partial charge is 0.124 e. The van der Waals surface area contributed by atoms with Gasteiger partial charge in [0.25, 0.3) is 0 Å². The van der Waals surface area contributed by atoms with Crippen LogP contribution in [0.5, 0.6) is 0 Å². The van der Waals surface area contributed by atoms with E-state index in [4.69, 9.17) is 16.3 Å². The van der Waals surface area contributed by atoms with Crippen LogP contribution in [-0.4, -0.2) is 18.8 Å². The van der Waals surface area contributed by atoms with Gasteiger partial charge in [-0.3, -0.25) is 0 Å². The minimum atomic E-state index is -0.318. The van der Waals surface area contributed by atoms with E-state index >= 15 is 0 Å². The van der Waals surface area contributed by atoms with E-state index in [2.05, 4.69) is 5.32 Å². The molecule has 1 aliphatic rings. The zero-order chi connectivity index (χ0) is 10.8. The van der Waals surface area contributed by atoms with Crippen molar-refractivity contribution in [2.24, 2.45) is 0 Å². The van der Waals surface area contributed by atoms with E-state index in [0.717, 1.165) is 18.7 Å².